The number of fused-ring (bicyclic) bond motifs is 1. The number of anilines is 1. The summed E-state index contributed by atoms with van der Waals surface area (Å²) in [6, 6.07) is 17.7. The van der Waals surface area contributed by atoms with Crippen LogP contribution in [-0.2, 0) is 24.1 Å². The molecule has 1 aliphatic heterocycles. The van der Waals surface area contributed by atoms with Crippen LogP contribution in [0.15, 0.2) is 54.6 Å². The van der Waals surface area contributed by atoms with E-state index in [-0.39, 0.29) is 17.7 Å². The first-order valence-corrected chi connectivity index (χ1v) is 12.1. The molecule has 34 heavy (non-hydrogen) atoms. The molecule has 0 unspecified atom stereocenters. The summed E-state index contributed by atoms with van der Waals surface area (Å²) >= 11 is 0. The minimum Gasteiger partial charge on any atom is -0.508 e. The highest BCUT2D eigenvalue weighted by Crippen LogP contribution is 2.35. The molecular weight excluding hydrogens is 422 g/mol. The molecule has 2 atom stereocenters. The first kappa shape index (κ1) is 23.8. The molecule has 5 heteroatoms. The molecule has 5 N–H and O–H groups in total. The topological polar surface area (TPSA) is 87.4 Å². The Kier molecular flexibility index (Phi) is 7.23. The quantitative estimate of drug-likeness (QED) is 0.414. The van der Waals surface area contributed by atoms with Crippen LogP contribution in [0.3, 0.4) is 0 Å². The average Bonchev–Trinajstić information content (AvgIpc) is 2.81. The Bertz CT molecular complexity index is 1150. The van der Waals surface area contributed by atoms with Gasteiger partial charge < -0.3 is 21.5 Å². The fourth-order valence-electron chi connectivity index (χ4n) is 5.03. The lowest BCUT2D eigenvalue weighted by molar-refractivity contribution is -0.123. The predicted octanol–water partition coefficient (Wildman–Crippen LogP) is 4.71. The van der Waals surface area contributed by atoms with Crippen LogP contribution in [-0.4, -0.2) is 23.6 Å². The number of hydrogen-bond acceptors (Lipinski definition) is 4. The largest absolute Gasteiger partial charge is 0.508 e. The van der Waals surface area contributed by atoms with Gasteiger partial charge in [0, 0.05) is 12.2 Å². The third kappa shape index (κ3) is 5.26. The highest BCUT2D eigenvalue weighted by molar-refractivity contribution is 5.83. The van der Waals surface area contributed by atoms with Crippen molar-refractivity contribution in [1.29, 1.82) is 0 Å². The third-order valence-corrected chi connectivity index (χ3v) is 6.81. The van der Waals surface area contributed by atoms with Gasteiger partial charge in [-0.2, -0.15) is 0 Å². The Morgan fingerprint density at radius 3 is 2.50 bits per heavy atom. The van der Waals surface area contributed by atoms with Crippen molar-refractivity contribution in [2.24, 2.45) is 5.73 Å². The van der Waals surface area contributed by atoms with Crippen molar-refractivity contribution in [3.8, 4) is 5.75 Å². The number of nitrogens with one attached hydrogen (secondary N) is 2. The molecule has 3 aromatic carbocycles. The molecule has 4 rings (SSSR count). The van der Waals surface area contributed by atoms with Gasteiger partial charge in [0.15, 0.2) is 0 Å². The fourth-order valence-corrected chi connectivity index (χ4v) is 5.03. The van der Waals surface area contributed by atoms with E-state index in [4.69, 9.17) is 5.73 Å². The molecular formula is C29H35N3O2. The highest BCUT2D eigenvalue weighted by Gasteiger charge is 2.26. The van der Waals surface area contributed by atoms with E-state index in [1.165, 1.54) is 16.7 Å². The Morgan fingerprint density at radius 1 is 1.12 bits per heavy atom. The zero-order valence-corrected chi connectivity index (χ0v) is 20.3. The van der Waals surface area contributed by atoms with Gasteiger partial charge in [0.1, 0.15) is 5.75 Å². The molecule has 0 saturated heterocycles. The van der Waals surface area contributed by atoms with Gasteiger partial charge in [-0.25, -0.2) is 0 Å². The number of carbonyl (C=O) groups excluding carboxylic acids is 1. The monoisotopic (exact) mass is 457 g/mol. The number of nitrogens with two attached hydrogens (primary N) is 1. The van der Waals surface area contributed by atoms with Crippen molar-refractivity contribution < 1.29 is 9.90 Å². The summed E-state index contributed by atoms with van der Waals surface area (Å²) in [5, 5.41) is 16.6. The Balaban J connectivity index is 1.54. The zero-order valence-electron chi connectivity index (χ0n) is 20.3. The van der Waals surface area contributed by atoms with Crippen molar-refractivity contribution in [1.82, 2.24) is 5.32 Å². The average molecular weight is 458 g/mol. The molecule has 0 aromatic heterocycles. The van der Waals surface area contributed by atoms with Gasteiger partial charge in [-0.05, 0) is 90.6 Å². The van der Waals surface area contributed by atoms with E-state index in [2.05, 4.69) is 54.0 Å². The second-order valence-corrected chi connectivity index (χ2v) is 9.38. The van der Waals surface area contributed by atoms with Crippen LogP contribution >= 0.6 is 0 Å². The highest BCUT2D eigenvalue weighted by atomic mass is 16.3. The summed E-state index contributed by atoms with van der Waals surface area (Å²) in [4.78, 5) is 13.1. The third-order valence-electron chi connectivity index (χ3n) is 6.81. The van der Waals surface area contributed by atoms with E-state index in [0.717, 1.165) is 53.7 Å². The van der Waals surface area contributed by atoms with Gasteiger partial charge in [-0.1, -0.05) is 49.4 Å². The number of benzene rings is 3. The minimum absolute atomic E-state index is 0.0714. The first-order chi connectivity index (χ1) is 16.4. The molecule has 0 spiro atoms. The van der Waals surface area contributed by atoms with Crippen molar-refractivity contribution in [3.05, 3.63) is 93.5 Å². The molecule has 1 amide bonds. The van der Waals surface area contributed by atoms with Crippen molar-refractivity contribution in [3.63, 3.8) is 0 Å². The molecule has 3 aromatic rings. The molecule has 178 valence electrons. The van der Waals surface area contributed by atoms with Crippen LogP contribution in [0.4, 0.5) is 5.69 Å². The van der Waals surface area contributed by atoms with Gasteiger partial charge in [0.25, 0.3) is 0 Å². The molecule has 1 aliphatic rings. The predicted molar refractivity (Wildman–Crippen MR) is 138 cm³/mol. The number of aromatic hydroxyl groups is 1. The first-order valence-electron chi connectivity index (χ1n) is 12.1. The van der Waals surface area contributed by atoms with Crippen LogP contribution < -0.4 is 16.4 Å². The summed E-state index contributed by atoms with van der Waals surface area (Å²) < 4.78 is 0. The molecule has 5 nitrogen and oxygen atoms in total. The van der Waals surface area contributed by atoms with Crippen molar-refractivity contribution in [2.75, 3.05) is 11.9 Å². The molecule has 0 bridgehead atoms. The fraction of sp³-hybridized carbons (Fsp3) is 0.345. The maximum Gasteiger partial charge on any atom is 0.237 e. The second-order valence-electron chi connectivity index (χ2n) is 9.38. The van der Waals surface area contributed by atoms with E-state index < -0.39 is 6.04 Å². The summed E-state index contributed by atoms with van der Waals surface area (Å²) in [5.41, 5.74) is 15.4. The SMILES string of the molecule is CCc1cc(Cc2ccccc2)cc2c1NCC[C@H]2NC(=O)[C@@H](N)Cc1c(C)cc(O)cc1C. The number of phenols is 1. The number of carbonyl (C=O) groups is 1. The second kappa shape index (κ2) is 10.3. The van der Waals surface area contributed by atoms with Crippen molar-refractivity contribution in [2.45, 2.75) is 58.5 Å². The lowest BCUT2D eigenvalue weighted by atomic mass is 9.89. The van der Waals surface area contributed by atoms with E-state index in [0.29, 0.717) is 6.42 Å². The summed E-state index contributed by atoms with van der Waals surface area (Å²) in [5.74, 6) is 0.0948. The van der Waals surface area contributed by atoms with Crippen LogP contribution in [0.1, 0.15) is 58.3 Å². The number of hydrogen-bond donors (Lipinski definition) is 4. The molecule has 0 aliphatic carbocycles. The van der Waals surface area contributed by atoms with E-state index in [1.54, 1.807) is 12.1 Å². The molecule has 0 radical (unpaired) electrons. The molecule has 1 heterocycles. The summed E-state index contributed by atoms with van der Waals surface area (Å²) in [6.45, 7) is 6.87. The minimum atomic E-state index is -0.654. The van der Waals surface area contributed by atoms with Gasteiger partial charge in [-0.3, -0.25) is 4.79 Å². The van der Waals surface area contributed by atoms with Gasteiger partial charge in [-0.15, -0.1) is 0 Å². The Labute approximate surface area is 202 Å². The van der Waals surface area contributed by atoms with E-state index >= 15 is 0 Å². The number of rotatable bonds is 7. The van der Waals surface area contributed by atoms with Gasteiger partial charge >= 0.3 is 0 Å². The summed E-state index contributed by atoms with van der Waals surface area (Å²) in [7, 11) is 0. The van der Waals surface area contributed by atoms with E-state index in [9.17, 15) is 9.90 Å². The van der Waals surface area contributed by atoms with Gasteiger partial charge in [0.2, 0.25) is 5.91 Å². The smallest absolute Gasteiger partial charge is 0.237 e. The molecule has 0 fully saturated rings. The molecule has 0 saturated carbocycles. The number of phenolic OH excluding ortho intramolecular Hbond substituents is 1. The van der Waals surface area contributed by atoms with E-state index in [1.807, 2.05) is 19.9 Å². The van der Waals surface area contributed by atoms with Crippen LogP contribution in [0.5, 0.6) is 5.75 Å². The normalized spacial score (nSPS) is 15.8. The van der Waals surface area contributed by atoms with Crippen LogP contribution in [0, 0.1) is 13.8 Å². The lowest BCUT2D eigenvalue weighted by Crippen LogP contribution is -2.45. The maximum absolute atomic E-state index is 13.1. The summed E-state index contributed by atoms with van der Waals surface area (Å²) in [6.07, 6.45) is 3.05. The Morgan fingerprint density at radius 2 is 1.82 bits per heavy atom. The Hall–Kier alpha value is -3.31. The zero-order chi connectivity index (χ0) is 24.2. The number of amides is 1. The standard InChI is InChI=1S/C29H35N3O2/c1-4-22-15-21(14-20-8-6-5-7-9-20)16-25-27(10-11-31-28(22)25)32-29(34)26(30)17-24-18(2)12-23(33)13-19(24)3/h5-9,12-13,15-16,26-27,31,33H,4,10-11,14,17,30H2,1-3H3,(H,32,34)/t26-,27+/m0/s1. The maximum atomic E-state index is 13.1. The van der Waals surface area contributed by atoms with Crippen LogP contribution in [0.2, 0.25) is 0 Å². The van der Waals surface area contributed by atoms with Crippen LogP contribution in [0.25, 0.3) is 0 Å². The number of aryl methyl sites for hydroxylation is 3. The lowest BCUT2D eigenvalue weighted by Gasteiger charge is -2.31. The van der Waals surface area contributed by atoms with Gasteiger partial charge in [0.05, 0.1) is 12.1 Å². The van der Waals surface area contributed by atoms with Crippen molar-refractivity contribution >= 4 is 11.6 Å².